The lowest BCUT2D eigenvalue weighted by Crippen LogP contribution is -2.33. The lowest BCUT2D eigenvalue weighted by atomic mass is 9.83. The summed E-state index contributed by atoms with van der Waals surface area (Å²) in [5, 5.41) is -0.326. The Labute approximate surface area is 177 Å². The molecular formula is C23H23NO5S. The van der Waals surface area contributed by atoms with Crippen LogP contribution in [0.25, 0.3) is 0 Å². The van der Waals surface area contributed by atoms with Gasteiger partial charge in [-0.2, -0.15) is 0 Å². The summed E-state index contributed by atoms with van der Waals surface area (Å²) in [5.41, 5.74) is 1.73. The molecule has 1 fully saturated rings. The van der Waals surface area contributed by atoms with E-state index in [9.17, 15) is 23.1 Å². The largest absolute Gasteiger partial charge is 0.339 e. The molecule has 4 rings (SSSR count). The quantitative estimate of drug-likeness (QED) is 0.650. The third-order valence-corrected chi connectivity index (χ3v) is 7.23. The predicted molar refractivity (Wildman–Crippen MR) is 113 cm³/mol. The average molecular weight is 426 g/mol. The Morgan fingerprint density at radius 1 is 1.00 bits per heavy atom. The lowest BCUT2D eigenvalue weighted by Gasteiger charge is -2.23. The zero-order valence-corrected chi connectivity index (χ0v) is 17.5. The van der Waals surface area contributed by atoms with Crippen molar-refractivity contribution in [3.05, 3.63) is 70.3 Å². The molecule has 6 nitrogen and oxygen atoms in total. The van der Waals surface area contributed by atoms with Gasteiger partial charge >= 0.3 is 0 Å². The zero-order valence-electron chi connectivity index (χ0n) is 16.7. The molecule has 2 aliphatic rings. The topological polar surface area (TPSA) is 91.8 Å². The van der Waals surface area contributed by atoms with E-state index < -0.39 is 11.1 Å². The summed E-state index contributed by atoms with van der Waals surface area (Å²) in [4.78, 5) is 40.5. The fourth-order valence-electron chi connectivity index (χ4n) is 4.37. The Morgan fingerprint density at radius 3 is 2.30 bits per heavy atom. The Bertz CT molecular complexity index is 1060. The summed E-state index contributed by atoms with van der Waals surface area (Å²) >= 11 is -1.87. The highest BCUT2D eigenvalue weighted by Crippen LogP contribution is 2.29. The Balaban J connectivity index is 1.57. The number of benzene rings is 2. The van der Waals surface area contributed by atoms with Crippen LogP contribution in [0.1, 0.15) is 68.4 Å². The molecule has 1 N–H and O–H groups in total. The second-order valence-electron chi connectivity index (χ2n) is 7.93. The summed E-state index contributed by atoms with van der Waals surface area (Å²) in [6.07, 6.45) is 2.22. The minimum absolute atomic E-state index is 0.0906. The van der Waals surface area contributed by atoms with Crippen LogP contribution < -0.4 is 0 Å². The maximum atomic E-state index is 13.1. The first kappa shape index (κ1) is 20.6. The second-order valence-corrected chi connectivity index (χ2v) is 9.22. The minimum atomic E-state index is -1.87. The Kier molecular flexibility index (Phi) is 5.66. The van der Waals surface area contributed by atoms with Gasteiger partial charge in [0.15, 0.2) is 22.6 Å². The van der Waals surface area contributed by atoms with Crippen LogP contribution >= 0.6 is 0 Å². The maximum absolute atomic E-state index is 13.1. The monoisotopic (exact) mass is 425 g/mol. The van der Waals surface area contributed by atoms with E-state index >= 15 is 0 Å². The van der Waals surface area contributed by atoms with Crippen LogP contribution in [0, 0.1) is 5.92 Å². The van der Waals surface area contributed by atoms with Gasteiger partial charge in [-0.25, -0.2) is 4.21 Å². The summed E-state index contributed by atoms with van der Waals surface area (Å²) in [5.74, 6) is -0.545. The highest BCUT2D eigenvalue weighted by Gasteiger charge is 2.31. The number of nitrogens with zero attached hydrogens (tertiary/aromatic N) is 1. The molecule has 0 spiro atoms. The van der Waals surface area contributed by atoms with E-state index in [4.69, 9.17) is 0 Å². The molecule has 7 heteroatoms. The molecule has 1 heterocycles. The van der Waals surface area contributed by atoms with Crippen LogP contribution in [0.4, 0.5) is 0 Å². The summed E-state index contributed by atoms with van der Waals surface area (Å²) in [6.45, 7) is 2.83. The molecule has 2 aromatic rings. The molecule has 0 bridgehead atoms. The molecule has 30 heavy (non-hydrogen) atoms. The van der Waals surface area contributed by atoms with E-state index in [1.807, 2.05) is 0 Å². The predicted octanol–water partition coefficient (Wildman–Crippen LogP) is 3.31. The van der Waals surface area contributed by atoms with Gasteiger partial charge in [0.2, 0.25) is 0 Å². The summed E-state index contributed by atoms with van der Waals surface area (Å²) in [7, 11) is 0. The number of carbonyl (C=O) groups is 3. The van der Waals surface area contributed by atoms with Gasteiger partial charge in [-0.3, -0.25) is 14.4 Å². The van der Waals surface area contributed by atoms with Gasteiger partial charge in [0.05, 0.1) is 5.25 Å². The molecule has 0 aromatic heterocycles. The number of carbonyl (C=O) groups excluding carboxylic acids is 3. The van der Waals surface area contributed by atoms with E-state index in [-0.39, 0.29) is 34.2 Å². The number of likely N-dealkylation sites (tertiary alicyclic amines) is 1. The number of rotatable bonds is 3. The van der Waals surface area contributed by atoms with E-state index in [0.29, 0.717) is 41.8 Å². The SMILES string of the molecule is CC(C1CCCN(C(=O)c2ccc3c(c2)C(=O)c2ccccc2C3=O)CC1)S(=O)O. The molecule has 1 aliphatic carbocycles. The molecule has 1 saturated heterocycles. The van der Waals surface area contributed by atoms with Crippen LogP contribution in [-0.4, -0.2) is 49.5 Å². The third kappa shape index (κ3) is 3.63. The zero-order chi connectivity index (χ0) is 21.4. The first-order valence-electron chi connectivity index (χ1n) is 10.1. The number of hydrogen-bond donors (Lipinski definition) is 1. The van der Waals surface area contributed by atoms with Gasteiger partial charge in [-0.05, 0) is 50.3 Å². The smallest absolute Gasteiger partial charge is 0.253 e. The number of fused-ring (bicyclic) bond motifs is 2. The van der Waals surface area contributed by atoms with Crippen molar-refractivity contribution in [2.24, 2.45) is 5.92 Å². The highest BCUT2D eigenvalue weighted by atomic mass is 32.2. The maximum Gasteiger partial charge on any atom is 0.253 e. The van der Waals surface area contributed by atoms with E-state index in [0.717, 1.165) is 12.8 Å². The van der Waals surface area contributed by atoms with Crippen LogP contribution in [0.15, 0.2) is 42.5 Å². The van der Waals surface area contributed by atoms with Gasteiger partial charge in [0.1, 0.15) is 0 Å². The normalized spacial score (nSPS) is 20.7. The summed E-state index contributed by atoms with van der Waals surface area (Å²) < 4.78 is 20.8. The second kappa shape index (κ2) is 8.24. The molecule has 156 valence electrons. The van der Waals surface area contributed by atoms with Crippen LogP contribution in [0.2, 0.25) is 0 Å². The fourth-order valence-corrected chi connectivity index (χ4v) is 4.98. The highest BCUT2D eigenvalue weighted by molar-refractivity contribution is 7.79. The molecular weight excluding hydrogens is 402 g/mol. The van der Waals surface area contributed by atoms with Crippen molar-refractivity contribution >= 4 is 28.6 Å². The molecule has 2 aromatic carbocycles. The molecule has 1 amide bonds. The first-order chi connectivity index (χ1) is 14.4. The van der Waals surface area contributed by atoms with Crippen molar-refractivity contribution in [2.75, 3.05) is 13.1 Å². The van der Waals surface area contributed by atoms with E-state index in [1.165, 1.54) is 6.07 Å². The minimum Gasteiger partial charge on any atom is -0.339 e. The molecule has 0 radical (unpaired) electrons. The van der Waals surface area contributed by atoms with Crippen molar-refractivity contribution in [2.45, 2.75) is 31.4 Å². The van der Waals surface area contributed by atoms with Gasteiger partial charge in [-0.1, -0.05) is 24.3 Å². The molecule has 3 atom stereocenters. The molecule has 0 saturated carbocycles. The number of ketones is 2. The van der Waals surface area contributed by atoms with Gasteiger partial charge < -0.3 is 9.45 Å². The van der Waals surface area contributed by atoms with Gasteiger partial charge in [-0.15, -0.1) is 0 Å². The van der Waals surface area contributed by atoms with E-state index in [1.54, 1.807) is 48.2 Å². The van der Waals surface area contributed by atoms with Crippen molar-refractivity contribution < 1.29 is 23.1 Å². The van der Waals surface area contributed by atoms with Crippen LogP contribution in [0.3, 0.4) is 0 Å². The Hall–Kier alpha value is -2.64. The third-order valence-electron chi connectivity index (χ3n) is 6.21. The standard InChI is InChI=1S/C23H23NO5S/c1-14(30(28)29)15-5-4-11-24(12-10-15)23(27)16-8-9-19-20(13-16)22(26)18-7-3-2-6-17(18)21(19)25/h2-3,6-9,13-15H,4-5,10-12H2,1H3,(H,28,29). The fraction of sp³-hybridized carbons (Fsp3) is 0.348. The van der Waals surface area contributed by atoms with Crippen molar-refractivity contribution in [1.82, 2.24) is 4.90 Å². The van der Waals surface area contributed by atoms with Gasteiger partial charge in [0, 0.05) is 40.9 Å². The van der Waals surface area contributed by atoms with Crippen molar-refractivity contribution in [3.63, 3.8) is 0 Å². The van der Waals surface area contributed by atoms with Crippen molar-refractivity contribution in [3.8, 4) is 0 Å². The first-order valence-corrected chi connectivity index (χ1v) is 11.3. The molecule has 1 aliphatic heterocycles. The van der Waals surface area contributed by atoms with E-state index in [2.05, 4.69) is 0 Å². The molecule has 3 unspecified atom stereocenters. The summed E-state index contributed by atoms with van der Waals surface area (Å²) in [6, 6.07) is 11.4. The average Bonchev–Trinajstić information content (AvgIpc) is 3.02. The van der Waals surface area contributed by atoms with Crippen LogP contribution in [-0.2, 0) is 11.1 Å². The number of amides is 1. The van der Waals surface area contributed by atoms with Crippen molar-refractivity contribution in [1.29, 1.82) is 0 Å². The number of hydrogen-bond acceptors (Lipinski definition) is 4. The lowest BCUT2D eigenvalue weighted by molar-refractivity contribution is 0.0759. The Morgan fingerprint density at radius 2 is 1.63 bits per heavy atom. The van der Waals surface area contributed by atoms with Crippen LogP contribution in [0.5, 0.6) is 0 Å². The van der Waals surface area contributed by atoms with Gasteiger partial charge in [0.25, 0.3) is 5.91 Å².